The maximum Gasteiger partial charge on any atom is 0.243 e. The number of unbranched alkanes of at least 4 members (excludes halogenated alkanes) is 2. The summed E-state index contributed by atoms with van der Waals surface area (Å²) < 4.78 is 25.7. The summed E-state index contributed by atoms with van der Waals surface area (Å²) in [5.74, 6) is -0.172. The molecule has 2 heterocycles. The number of carbonyl (C=O) groups excluding carboxylic acids is 3. The van der Waals surface area contributed by atoms with Crippen LogP contribution in [-0.2, 0) is 24.2 Å². The SMILES string of the molecule is CC(C)S(=O)(=O)c1ccccc1Nc1nc(Nc2ccc(NC(=O)CN3CCC(C(=O)NCCCCCC(=O)NO)CC3)cc2)ncc1Cl. The van der Waals surface area contributed by atoms with Gasteiger partial charge < -0.3 is 21.3 Å². The predicted molar refractivity (Wildman–Crippen MR) is 188 cm³/mol. The second-order valence-corrected chi connectivity index (χ2v) is 14.9. The van der Waals surface area contributed by atoms with Crippen molar-refractivity contribution < 1.29 is 28.0 Å². The number of hydrogen-bond donors (Lipinski definition) is 6. The number of nitrogens with one attached hydrogen (secondary N) is 5. The average molecular weight is 715 g/mol. The summed E-state index contributed by atoms with van der Waals surface area (Å²) in [7, 11) is -3.56. The normalized spacial score (nSPS) is 13.9. The minimum Gasteiger partial charge on any atom is -0.356 e. The van der Waals surface area contributed by atoms with Crippen molar-refractivity contribution in [3.8, 4) is 0 Å². The van der Waals surface area contributed by atoms with Gasteiger partial charge in [-0.2, -0.15) is 4.98 Å². The highest BCUT2D eigenvalue weighted by molar-refractivity contribution is 7.92. The summed E-state index contributed by atoms with van der Waals surface area (Å²) in [5.41, 5.74) is 3.23. The van der Waals surface area contributed by atoms with Crippen LogP contribution in [0.4, 0.5) is 28.8 Å². The first-order chi connectivity index (χ1) is 23.5. The molecule has 4 rings (SSSR count). The third kappa shape index (κ3) is 11.1. The number of piperidine rings is 1. The number of anilines is 5. The van der Waals surface area contributed by atoms with Crippen molar-refractivity contribution in [3.05, 3.63) is 59.8 Å². The van der Waals surface area contributed by atoms with Gasteiger partial charge in [-0.25, -0.2) is 18.9 Å². The first kappa shape index (κ1) is 37.5. The van der Waals surface area contributed by atoms with Crippen molar-refractivity contribution in [1.82, 2.24) is 25.7 Å². The van der Waals surface area contributed by atoms with Gasteiger partial charge in [0.05, 0.1) is 28.6 Å². The van der Waals surface area contributed by atoms with Crippen LogP contribution in [0.5, 0.6) is 0 Å². The lowest BCUT2D eigenvalue weighted by Gasteiger charge is -2.30. The fourth-order valence-electron chi connectivity index (χ4n) is 5.24. The fourth-order valence-corrected chi connectivity index (χ4v) is 6.58. The fraction of sp³-hybridized carbons (Fsp3) is 0.424. The summed E-state index contributed by atoms with van der Waals surface area (Å²) in [6, 6.07) is 13.6. The van der Waals surface area contributed by atoms with Gasteiger partial charge in [-0.1, -0.05) is 30.2 Å². The van der Waals surface area contributed by atoms with Gasteiger partial charge in [-0.05, 0) is 89.0 Å². The third-order valence-corrected chi connectivity index (χ3v) is 10.6. The summed E-state index contributed by atoms with van der Waals surface area (Å²) >= 11 is 6.34. The van der Waals surface area contributed by atoms with Crippen LogP contribution < -0.4 is 26.7 Å². The molecule has 0 unspecified atom stereocenters. The molecule has 0 spiro atoms. The lowest BCUT2D eigenvalue weighted by atomic mass is 9.96. The Morgan fingerprint density at radius 2 is 1.65 bits per heavy atom. The third-order valence-electron chi connectivity index (χ3n) is 8.07. The number of likely N-dealkylation sites (tertiary alicyclic amines) is 1. The van der Waals surface area contributed by atoms with Gasteiger partial charge in [0.25, 0.3) is 0 Å². The molecule has 1 fully saturated rings. The summed E-state index contributed by atoms with van der Waals surface area (Å²) in [6.45, 7) is 5.28. The maximum atomic E-state index is 12.9. The topological polar surface area (TPSA) is 195 Å². The van der Waals surface area contributed by atoms with Gasteiger partial charge in [0.15, 0.2) is 15.7 Å². The quantitative estimate of drug-likeness (QED) is 0.0688. The van der Waals surface area contributed by atoms with Crippen molar-refractivity contribution in [2.24, 2.45) is 5.92 Å². The van der Waals surface area contributed by atoms with E-state index >= 15 is 0 Å². The Bertz CT molecular complexity index is 1700. The number of nitrogens with zero attached hydrogens (tertiary/aromatic N) is 3. The van der Waals surface area contributed by atoms with Crippen LogP contribution in [0.2, 0.25) is 5.02 Å². The van der Waals surface area contributed by atoms with Gasteiger partial charge in [0.2, 0.25) is 23.7 Å². The molecule has 0 bridgehead atoms. The van der Waals surface area contributed by atoms with Crippen LogP contribution in [0.3, 0.4) is 0 Å². The number of sulfone groups is 1. The first-order valence-electron chi connectivity index (χ1n) is 16.2. The largest absolute Gasteiger partial charge is 0.356 e. The Labute approximate surface area is 291 Å². The molecule has 6 N–H and O–H groups in total. The van der Waals surface area contributed by atoms with E-state index in [4.69, 9.17) is 16.8 Å². The van der Waals surface area contributed by atoms with Gasteiger partial charge in [0, 0.05) is 30.3 Å². The molecular weight excluding hydrogens is 672 g/mol. The van der Waals surface area contributed by atoms with E-state index in [0.717, 1.165) is 12.8 Å². The molecule has 3 amide bonds. The molecule has 264 valence electrons. The Morgan fingerprint density at radius 3 is 2.35 bits per heavy atom. The van der Waals surface area contributed by atoms with E-state index in [9.17, 15) is 22.8 Å². The number of para-hydroxylation sites is 1. The Morgan fingerprint density at radius 1 is 0.959 bits per heavy atom. The lowest BCUT2D eigenvalue weighted by molar-refractivity contribution is -0.129. The zero-order chi connectivity index (χ0) is 35.4. The van der Waals surface area contributed by atoms with Crippen molar-refractivity contribution in [3.63, 3.8) is 0 Å². The van der Waals surface area contributed by atoms with Gasteiger partial charge >= 0.3 is 0 Å². The minimum absolute atomic E-state index is 0.0183. The molecule has 14 nitrogen and oxygen atoms in total. The minimum atomic E-state index is -3.56. The molecule has 1 aromatic heterocycles. The molecule has 1 aliphatic heterocycles. The van der Waals surface area contributed by atoms with E-state index in [-0.39, 0.29) is 52.4 Å². The summed E-state index contributed by atoms with van der Waals surface area (Å²) in [6.07, 6.45) is 5.20. The highest BCUT2D eigenvalue weighted by Crippen LogP contribution is 2.30. The number of halogens is 1. The van der Waals surface area contributed by atoms with E-state index in [0.29, 0.717) is 56.0 Å². The molecule has 49 heavy (non-hydrogen) atoms. The molecule has 0 saturated carbocycles. The van der Waals surface area contributed by atoms with Gasteiger partial charge in [0.1, 0.15) is 5.02 Å². The maximum absolute atomic E-state index is 12.9. The van der Waals surface area contributed by atoms with E-state index in [1.807, 2.05) is 4.90 Å². The van der Waals surface area contributed by atoms with Gasteiger partial charge in [-0.3, -0.25) is 24.5 Å². The highest BCUT2D eigenvalue weighted by atomic mass is 35.5. The number of rotatable bonds is 16. The Kier molecular flexibility index (Phi) is 13.7. The van der Waals surface area contributed by atoms with E-state index in [2.05, 4.69) is 31.2 Å². The van der Waals surface area contributed by atoms with E-state index in [1.54, 1.807) is 61.8 Å². The average Bonchev–Trinajstić information content (AvgIpc) is 3.08. The van der Waals surface area contributed by atoms with Crippen molar-refractivity contribution in [1.29, 1.82) is 0 Å². The van der Waals surface area contributed by atoms with Crippen LogP contribution in [0.25, 0.3) is 0 Å². The monoisotopic (exact) mass is 714 g/mol. The molecule has 1 saturated heterocycles. The highest BCUT2D eigenvalue weighted by Gasteiger charge is 2.26. The van der Waals surface area contributed by atoms with Crippen LogP contribution in [0, 0.1) is 5.92 Å². The number of carbonyl (C=O) groups is 3. The number of benzene rings is 2. The second kappa shape index (κ2) is 17.9. The zero-order valence-electron chi connectivity index (χ0n) is 27.5. The molecule has 0 aliphatic carbocycles. The van der Waals surface area contributed by atoms with Crippen molar-refractivity contribution in [2.45, 2.75) is 62.5 Å². The molecule has 0 atom stereocenters. The number of hydroxylamine groups is 1. The van der Waals surface area contributed by atoms with E-state index < -0.39 is 21.0 Å². The second-order valence-electron chi connectivity index (χ2n) is 12.0. The van der Waals surface area contributed by atoms with Crippen LogP contribution in [0.15, 0.2) is 59.6 Å². The zero-order valence-corrected chi connectivity index (χ0v) is 29.1. The van der Waals surface area contributed by atoms with Crippen LogP contribution in [-0.4, -0.2) is 77.6 Å². The van der Waals surface area contributed by atoms with E-state index in [1.165, 1.54) is 12.3 Å². The van der Waals surface area contributed by atoms with Crippen LogP contribution >= 0.6 is 11.6 Å². The predicted octanol–water partition coefficient (Wildman–Crippen LogP) is 4.63. The first-order valence-corrected chi connectivity index (χ1v) is 18.1. The number of hydrogen-bond acceptors (Lipinski definition) is 11. The molecule has 3 aromatic rings. The molecule has 0 radical (unpaired) electrons. The lowest BCUT2D eigenvalue weighted by Crippen LogP contribution is -2.43. The smallest absolute Gasteiger partial charge is 0.243 e. The van der Waals surface area contributed by atoms with Crippen LogP contribution in [0.1, 0.15) is 52.4 Å². The van der Waals surface area contributed by atoms with Gasteiger partial charge in [-0.15, -0.1) is 0 Å². The molecule has 1 aliphatic rings. The van der Waals surface area contributed by atoms with Crippen molar-refractivity contribution >= 4 is 68.0 Å². The van der Waals surface area contributed by atoms with Crippen molar-refractivity contribution in [2.75, 3.05) is 42.1 Å². The summed E-state index contributed by atoms with van der Waals surface area (Å²) in [4.78, 5) is 47.1. The Balaban J connectivity index is 1.22. The molecular formula is C33H43ClN8O6S. The number of amides is 3. The number of aromatic nitrogens is 2. The standard InChI is InChI=1S/C33H43ClN8O6S/c1-22(2)49(47,48)28-9-6-5-8-27(28)39-31-26(34)20-36-33(40-31)38-25-13-11-24(12-14-25)37-30(44)21-42-18-15-23(16-19-42)32(45)35-17-7-3-4-10-29(43)41-46/h5-6,8-9,11-14,20,22-23,46H,3-4,7,10,15-19,21H2,1-2H3,(H,35,45)(H,37,44)(H,41,43)(H2,36,38,39,40). The molecule has 2 aromatic carbocycles. The summed E-state index contributed by atoms with van der Waals surface area (Å²) in [5, 5.41) is 20.1. The molecule has 16 heteroatoms. The Hall–Kier alpha value is -4.31.